The fraction of sp³-hybridized carbons (Fsp3) is 0.412. The van der Waals surface area contributed by atoms with E-state index in [0.29, 0.717) is 23.6 Å². The number of benzene rings is 2. The highest BCUT2D eigenvalue weighted by Gasteiger charge is 2.35. The number of amides is 1. The topological polar surface area (TPSA) is 138 Å². The van der Waals surface area contributed by atoms with Crippen LogP contribution in [-0.2, 0) is 41.8 Å². The van der Waals surface area contributed by atoms with Crippen molar-refractivity contribution in [3.8, 4) is 0 Å². The molecular formula is C34H38N6O6. The maximum atomic E-state index is 13.5. The van der Waals surface area contributed by atoms with Gasteiger partial charge in [-0.2, -0.15) is 0 Å². The number of imidazole rings is 1. The zero-order valence-electron chi connectivity index (χ0n) is 25.6. The van der Waals surface area contributed by atoms with Crippen LogP contribution >= 0.6 is 0 Å². The van der Waals surface area contributed by atoms with Gasteiger partial charge in [0.1, 0.15) is 31.8 Å². The largest absolute Gasteiger partial charge is 0.461 e. The third-order valence-electron chi connectivity index (χ3n) is 8.10. The molecule has 1 aliphatic heterocycles. The average molecular weight is 627 g/mol. The van der Waals surface area contributed by atoms with Crippen LogP contribution in [0.2, 0.25) is 0 Å². The van der Waals surface area contributed by atoms with E-state index < -0.39 is 23.9 Å². The Morgan fingerprint density at radius 2 is 1.63 bits per heavy atom. The molecule has 2 aromatic heterocycles. The third kappa shape index (κ3) is 8.05. The Balaban J connectivity index is 1.13. The second-order valence-corrected chi connectivity index (χ2v) is 11.6. The number of ether oxygens (including phenoxy) is 3. The molecule has 1 N–H and O–H groups in total. The average Bonchev–Trinajstić information content (AvgIpc) is 3.85. The van der Waals surface area contributed by atoms with Crippen molar-refractivity contribution in [3.05, 3.63) is 84.4 Å². The summed E-state index contributed by atoms with van der Waals surface area (Å²) in [5.74, 6) is -0.931. The second-order valence-electron chi connectivity index (χ2n) is 11.6. The van der Waals surface area contributed by atoms with Gasteiger partial charge in [-0.05, 0) is 49.7 Å². The molecule has 6 rings (SSSR count). The van der Waals surface area contributed by atoms with Crippen LogP contribution in [0.15, 0.2) is 73.3 Å². The first-order valence-corrected chi connectivity index (χ1v) is 15.8. The Kier molecular flexibility index (Phi) is 10.1. The Hall–Kier alpha value is -4.84. The summed E-state index contributed by atoms with van der Waals surface area (Å²) in [4.78, 5) is 54.9. The second kappa shape index (κ2) is 15.0. The monoisotopic (exact) mass is 626 g/mol. The minimum Gasteiger partial charge on any atom is -0.461 e. The van der Waals surface area contributed by atoms with Crippen LogP contribution in [0.5, 0.6) is 0 Å². The molecule has 12 heteroatoms. The summed E-state index contributed by atoms with van der Waals surface area (Å²) in [6.07, 6.45) is 7.80. The molecule has 0 spiro atoms. The number of nitrogens with one attached hydrogen (secondary N) is 1. The van der Waals surface area contributed by atoms with Crippen molar-refractivity contribution in [2.24, 2.45) is 0 Å². The molecule has 1 aliphatic carbocycles. The summed E-state index contributed by atoms with van der Waals surface area (Å²) in [5.41, 5.74) is 2.92. The van der Waals surface area contributed by atoms with Gasteiger partial charge in [0, 0.05) is 19.1 Å². The van der Waals surface area contributed by atoms with Crippen LogP contribution in [0, 0.1) is 0 Å². The zero-order valence-corrected chi connectivity index (χ0v) is 25.6. The highest BCUT2D eigenvalue weighted by molar-refractivity contribution is 5.90. The van der Waals surface area contributed by atoms with Crippen molar-refractivity contribution in [1.82, 2.24) is 24.8 Å². The molecule has 4 aromatic rings. The van der Waals surface area contributed by atoms with Gasteiger partial charge < -0.3 is 24.4 Å². The van der Waals surface area contributed by atoms with Gasteiger partial charge in [-0.1, -0.05) is 60.7 Å². The molecule has 12 nitrogen and oxygen atoms in total. The van der Waals surface area contributed by atoms with Gasteiger partial charge in [-0.25, -0.2) is 19.7 Å². The quantitative estimate of drug-likeness (QED) is 0.202. The molecule has 2 aromatic carbocycles. The normalized spacial score (nSPS) is 16.8. The number of rotatable bonds is 14. The number of aromatic nitrogens is 4. The van der Waals surface area contributed by atoms with Crippen LogP contribution in [0.4, 0.5) is 5.82 Å². The SMILES string of the molecule is O=C(CN(c1ncnc2c1ncn2C1CCCCO1)C1CC1)N[C@@H](CCC(=O)OCc1ccccc1)C(=O)OCc1ccccc1. The van der Waals surface area contributed by atoms with E-state index in [0.717, 1.165) is 43.2 Å². The highest BCUT2D eigenvalue weighted by Crippen LogP contribution is 2.34. The molecule has 3 heterocycles. The lowest BCUT2D eigenvalue weighted by molar-refractivity contribution is -0.150. The molecule has 46 heavy (non-hydrogen) atoms. The number of esters is 2. The van der Waals surface area contributed by atoms with Crippen molar-refractivity contribution >= 4 is 34.8 Å². The molecule has 240 valence electrons. The van der Waals surface area contributed by atoms with Crippen molar-refractivity contribution in [3.63, 3.8) is 0 Å². The molecule has 0 radical (unpaired) electrons. The third-order valence-corrected chi connectivity index (χ3v) is 8.10. The zero-order chi connectivity index (χ0) is 31.7. The number of nitrogens with zero attached hydrogens (tertiary/aromatic N) is 5. The molecule has 0 bridgehead atoms. The van der Waals surface area contributed by atoms with E-state index in [2.05, 4.69) is 20.3 Å². The van der Waals surface area contributed by atoms with E-state index in [1.807, 2.05) is 70.1 Å². The number of hydrogen-bond acceptors (Lipinski definition) is 10. The number of hydrogen-bond donors (Lipinski definition) is 1. The van der Waals surface area contributed by atoms with Crippen LogP contribution in [0.1, 0.15) is 62.3 Å². The van der Waals surface area contributed by atoms with Gasteiger partial charge in [-0.3, -0.25) is 14.2 Å². The maximum absolute atomic E-state index is 13.5. The number of carbonyl (C=O) groups is 3. The molecule has 2 aliphatic rings. The van der Waals surface area contributed by atoms with Gasteiger partial charge >= 0.3 is 11.9 Å². The Bertz CT molecular complexity index is 1620. The summed E-state index contributed by atoms with van der Waals surface area (Å²) in [6, 6.07) is 17.7. The lowest BCUT2D eigenvalue weighted by atomic mass is 10.1. The van der Waals surface area contributed by atoms with E-state index in [-0.39, 0.29) is 44.9 Å². The predicted octanol–water partition coefficient (Wildman–Crippen LogP) is 4.25. The van der Waals surface area contributed by atoms with Gasteiger partial charge in [0.05, 0.1) is 12.9 Å². The first-order valence-electron chi connectivity index (χ1n) is 15.8. The summed E-state index contributed by atoms with van der Waals surface area (Å²) in [7, 11) is 0. The van der Waals surface area contributed by atoms with Gasteiger partial charge in [-0.15, -0.1) is 0 Å². The first-order chi connectivity index (χ1) is 22.5. The molecule has 1 saturated heterocycles. The molecule has 1 saturated carbocycles. The van der Waals surface area contributed by atoms with Crippen molar-refractivity contribution < 1.29 is 28.6 Å². The molecule has 2 fully saturated rings. The van der Waals surface area contributed by atoms with E-state index in [1.54, 1.807) is 6.33 Å². The van der Waals surface area contributed by atoms with Gasteiger partial charge in [0.25, 0.3) is 0 Å². The van der Waals surface area contributed by atoms with E-state index in [9.17, 15) is 14.4 Å². The molecule has 1 amide bonds. The lowest BCUT2D eigenvalue weighted by Crippen LogP contribution is -2.47. The summed E-state index contributed by atoms with van der Waals surface area (Å²) < 4.78 is 18.8. The number of fused-ring (bicyclic) bond motifs is 1. The minimum atomic E-state index is -1.05. The van der Waals surface area contributed by atoms with E-state index in [1.165, 1.54) is 6.33 Å². The van der Waals surface area contributed by atoms with Crippen LogP contribution in [0.3, 0.4) is 0 Å². The van der Waals surface area contributed by atoms with E-state index >= 15 is 0 Å². The summed E-state index contributed by atoms with van der Waals surface area (Å²) in [5, 5.41) is 2.82. The molecule has 1 unspecified atom stereocenters. The Labute approximate surface area is 267 Å². The highest BCUT2D eigenvalue weighted by atomic mass is 16.5. The molecular weight excluding hydrogens is 588 g/mol. The number of anilines is 1. The van der Waals surface area contributed by atoms with Crippen molar-refractivity contribution in [2.75, 3.05) is 18.1 Å². The molecule has 2 atom stereocenters. The Morgan fingerprint density at radius 1 is 0.913 bits per heavy atom. The smallest absolute Gasteiger partial charge is 0.328 e. The maximum Gasteiger partial charge on any atom is 0.328 e. The first kappa shape index (κ1) is 31.2. The minimum absolute atomic E-state index is 0.0277. The predicted molar refractivity (Wildman–Crippen MR) is 168 cm³/mol. The number of carbonyl (C=O) groups excluding carboxylic acids is 3. The fourth-order valence-corrected chi connectivity index (χ4v) is 5.51. The van der Waals surface area contributed by atoms with Crippen molar-refractivity contribution in [1.29, 1.82) is 0 Å². The fourth-order valence-electron chi connectivity index (χ4n) is 5.51. The van der Waals surface area contributed by atoms with Crippen LogP contribution in [0.25, 0.3) is 11.2 Å². The summed E-state index contributed by atoms with van der Waals surface area (Å²) >= 11 is 0. The van der Waals surface area contributed by atoms with Gasteiger partial charge in [0.15, 0.2) is 17.0 Å². The van der Waals surface area contributed by atoms with Crippen LogP contribution < -0.4 is 10.2 Å². The lowest BCUT2D eigenvalue weighted by Gasteiger charge is -2.25. The van der Waals surface area contributed by atoms with Crippen molar-refractivity contribution in [2.45, 2.75) is 76.5 Å². The van der Waals surface area contributed by atoms with Gasteiger partial charge in [0.2, 0.25) is 5.91 Å². The summed E-state index contributed by atoms with van der Waals surface area (Å²) in [6.45, 7) is 0.813. The van der Waals surface area contributed by atoms with Crippen LogP contribution in [-0.4, -0.2) is 62.6 Å². The van der Waals surface area contributed by atoms with E-state index in [4.69, 9.17) is 14.2 Å². The standard InChI is InChI=1S/C34H38N6O6/c41-28(19-39(26-14-15-26)32-31-33(36-22-35-32)40(23-37-31)29-13-7-8-18-44-29)38-27(34(43)46-21-25-11-5-2-6-12-25)16-17-30(42)45-20-24-9-3-1-4-10-24/h1-6,9-12,22-23,26-27,29H,7-8,13-21H2,(H,38,41)/t27-,29?/m0/s1. The Morgan fingerprint density at radius 3 is 2.30 bits per heavy atom.